The fourth-order valence-electron chi connectivity index (χ4n) is 3.56. The first kappa shape index (κ1) is 21.3. The summed E-state index contributed by atoms with van der Waals surface area (Å²) in [6.45, 7) is 1.99. The summed E-state index contributed by atoms with van der Waals surface area (Å²) in [7, 11) is -3.14. The number of halogens is 2. The highest BCUT2D eigenvalue weighted by Gasteiger charge is 2.29. The van der Waals surface area contributed by atoms with Crippen LogP contribution in [0.2, 0.25) is 5.02 Å². The molecule has 0 aromatic heterocycles. The van der Waals surface area contributed by atoms with Gasteiger partial charge in [-0.15, -0.1) is 0 Å². The molecule has 1 aromatic rings. The first-order chi connectivity index (χ1) is 13.2. The van der Waals surface area contributed by atoms with Crippen LogP contribution in [0.25, 0.3) is 0 Å². The Morgan fingerprint density at radius 2 is 1.71 bits per heavy atom. The van der Waals surface area contributed by atoms with Crippen molar-refractivity contribution in [3.63, 3.8) is 0 Å². The van der Waals surface area contributed by atoms with Gasteiger partial charge in [0.25, 0.3) is 0 Å². The molecule has 1 N–H and O–H groups in total. The minimum absolute atomic E-state index is 0.0353. The SMILES string of the molecule is CS(=O)(=O)N1CCC(OC2CCN(C(=O)Nc3cccc(Cl)c3F)CC2)CC1. The Morgan fingerprint density at radius 3 is 2.29 bits per heavy atom. The zero-order valence-corrected chi connectivity index (χ0v) is 17.3. The van der Waals surface area contributed by atoms with Crippen LogP contribution >= 0.6 is 11.6 Å². The summed E-state index contributed by atoms with van der Waals surface area (Å²) in [5.74, 6) is -0.642. The molecule has 1 aromatic carbocycles. The van der Waals surface area contributed by atoms with E-state index in [1.807, 2.05) is 0 Å². The number of anilines is 1. The van der Waals surface area contributed by atoms with Crippen LogP contribution in [-0.4, -0.2) is 68.3 Å². The van der Waals surface area contributed by atoms with Gasteiger partial charge in [-0.3, -0.25) is 0 Å². The number of nitrogens with one attached hydrogen (secondary N) is 1. The second-order valence-electron chi connectivity index (χ2n) is 7.22. The van der Waals surface area contributed by atoms with Gasteiger partial charge in [0.15, 0.2) is 5.82 Å². The van der Waals surface area contributed by atoms with Crippen molar-refractivity contribution in [2.24, 2.45) is 0 Å². The molecular formula is C18H25ClFN3O4S. The molecule has 2 aliphatic rings. The summed E-state index contributed by atoms with van der Waals surface area (Å²) in [6.07, 6.45) is 4.06. The van der Waals surface area contributed by atoms with Gasteiger partial charge in [-0.25, -0.2) is 21.9 Å². The van der Waals surface area contributed by atoms with Crippen molar-refractivity contribution in [3.05, 3.63) is 29.0 Å². The molecule has 0 radical (unpaired) electrons. The maximum absolute atomic E-state index is 13.9. The number of piperidine rings is 2. The summed E-state index contributed by atoms with van der Waals surface area (Å²) >= 11 is 5.74. The van der Waals surface area contributed by atoms with E-state index in [9.17, 15) is 17.6 Å². The van der Waals surface area contributed by atoms with Crippen LogP contribution < -0.4 is 5.32 Å². The Balaban J connectivity index is 1.43. The fourth-order valence-corrected chi connectivity index (χ4v) is 4.61. The molecule has 10 heteroatoms. The molecule has 2 saturated heterocycles. The zero-order valence-electron chi connectivity index (χ0n) is 15.7. The molecule has 0 aliphatic carbocycles. The summed E-state index contributed by atoms with van der Waals surface area (Å²) in [5, 5.41) is 2.52. The van der Waals surface area contributed by atoms with Gasteiger partial charge in [-0.1, -0.05) is 17.7 Å². The predicted octanol–water partition coefficient (Wildman–Crippen LogP) is 2.92. The Kier molecular flexibility index (Phi) is 6.80. The zero-order chi connectivity index (χ0) is 20.3. The standard InChI is InChI=1S/C18H25ClFN3O4S/c1-28(25,26)23-11-7-14(8-12-23)27-13-5-9-22(10-6-13)18(24)21-16-4-2-3-15(19)17(16)20/h2-4,13-14H,5-12H2,1H3,(H,21,24). The molecule has 156 valence electrons. The summed E-state index contributed by atoms with van der Waals surface area (Å²) in [5.41, 5.74) is 0.0634. The second kappa shape index (κ2) is 8.94. The highest BCUT2D eigenvalue weighted by atomic mass is 35.5. The second-order valence-corrected chi connectivity index (χ2v) is 9.61. The number of carbonyl (C=O) groups is 1. The number of nitrogens with zero attached hydrogens (tertiary/aromatic N) is 2. The Morgan fingerprint density at radius 1 is 1.14 bits per heavy atom. The molecule has 2 fully saturated rings. The van der Waals surface area contributed by atoms with Crippen LogP contribution in [0.3, 0.4) is 0 Å². The number of amides is 2. The van der Waals surface area contributed by atoms with Gasteiger partial charge in [-0.05, 0) is 37.8 Å². The maximum atomic E-state index is 13.9. The maximum Gasteiger partial charge on any atom is 0.321 e. The molecule has 2 amide bonds. The van der Waals surface area contributed by atoms with Crippen LogP contribution in [-0.2, 0) is 14.8 Å². The largest absolute Gasteiger partial charge is 0.375 e. The number of carbonyl (C=O) groups excluding carboxylic acids is 1. The van der Waals surface area contributed by atoms with Gasteiger partial charge < -0.3 is 15.0 Å². The third-order valence-electron chi connectivity index (χ3n) is 5.18. The molecular weight excluding hydrogens is 409 g/mol. The lowest BCUT2D eigenvalue weighted by Gasteiger charge is -2.36. The molecule has 0 atom stereocenters. The lowest BCUT2D eigenvalue weighted by atomic mass is 10.1. The molecule has 0 unspecified atom stereocenters. The van der Waals surface area contributed by atoms with Crippen LogP contribution in [0.5, 0.6) is 0 Å². The van der Waals surface area contributed by atoms with E-state index >= 15 is 0 Å². The predicted molar refractivity (Wildman–Crippen MR) is 106 cm³/mol. The molecule has 0 saturated carbocycles. The van der Waals surface area contributed by atoms with Crippen molar-refractivity contribution in [1.82, 2.24) is 9.21 Å². The van der Waals surface area contributed by atoms with Crippen molar-refractivity contribution in [2.75, 3.05) is 37.8 Å². The van der Waals surface area contributed by atoms with Crippen LogP contribution in [0.15, 0.2) is 18.2 Å². The minimum Gasteiger partial charge on any atom is -0.375 e. The van der Waals surface area contributed by atoms with E-state index < -0.39 is 15.8 Å². The van der Waals surface area contributed by atoms with Gasteiger partial charge >= 0.3 is 6.03 Å². The van der Waals surface area contributed by atoms with E-state index in [0.29, 0.717) is 51.9 Å². The number of likely N-dealkylation sites (tertiary alicyclic amines) is 1. The molecule has 3 rings (SSSR count). The van der Waals surface area contributed by atoms with Crippen LogP contribution in [0.1, 0.15) is 25.7 Å². The normalized spacial score (nSPS) is 20.3. The minimum atomic E-state index is -3.14. The average Bonchev–Trinajstić information content (AvgIpc) is 2.66. The van der Waals surface area contributed by atoms with Crippen LogP contribution in [0.4, 0.5) is 14.9 Å². The molecule has 2 aliphatic heterocycles. The Bertz CT molecular complexity index is 807. The van der Waals surface area contributed by atoms with Gasteiger partial charge in [0.1, 0.15) is 0 Å². The molecule has 0 spiro atoms. The number of urea groups is 1. The topological polar surface area (TPSA) is 79.0 Å². The third-order valence-corrected chi connectivity index (χ3v) is 6.77. The molecule has 7 nitrogen and oxygen atoms in total. The lowest BCUT2D eigenvalue weighted by molar-refractivity contribution is -0.0542. The summed E-state index contributed by atoms with van der Waals surface area (Å²) in [6, 6.07) is 4.12. The molecule has 28 heavy (non-hydrogen) atoms. The van der Waals surface area contributed by atoms with E-state index in [1.54, 1.807) is 11.0 Å². The monoisotopic (exact) mass is 433 g/mol. The smallest absolute Gasteiger partial charge is 0.321 e. The van der Waals surface area contributed by atoms with Gasteiger partial charge in [0.05, 0.1) is 29.2 Å². The third kappa shape index (κ3) is 5.34. The number of benzene rings is 1. The van der Waals surface area contributed by atoms with Crippen molar-refractivity contribution in [2.45, 2.75) is 37.9 Å². The first-order valence-electron chi connectivity index (χ1n) is 9.34. The molecule has 0 bridgehead atoms. The van der Waals surface area contributed by atoms with E-state index in [4.69, 9.17) is 16.3 Å². The van der Waals surface area contributed by atoms with Gasteiger partial charge in [0.2, 0.25) is 10.0 Å². The summed E-state index contributed by atoms with van der Waals surface area (Å²) < 4.78 is 44.7. The fraction of sp³-hybridized carbons (Fsp3) is 0.611. The Hall–Kier alpha value is -1.42. The first-order valence-corrected chi connectivity index (χ1v) is 11.6. The Labute approximate surface area is 169 Å². The number of hydrogen-bond acceptors (Lipinski definition) is 4. The van der Waals surface area contributed by atoms with Crippen molar-refractivity contribution >= 4 is 33.3 Å². The van der Waals surface area contributed by atoms with Gasteiger partial charge in [-0.2, -0.15) is 0 Å². The number of hydrogen-bond donors (Lipinski definition) is 1. The highest BCUT2D eigenvalue weighted by molar-refractivity contribution is 7.88. The van der Waals surface area contributed by atoms with Crippen LogP contribution in [0, 0.1) is 5.82 Å². The number of ether oxygens (including phenoxy) is 1. The number of sulfonamides is 1. The van der Waals surface area contributed by atoms with Crippen molar-refractivity contribution in [1.29, 1.82) is 0 Å². The highest BCUT2D eigenvalue weighted by Crippen LogP contribution is 2.24. The van der Waals surface area contributed by atoms with Gasteiger partial charge in [0, 0.05) is 26.2 Å². The average molecular weight is 434 g/mol. The van der Waals surface area contributed by atoms with Crippen molar-refractivity contribution < 1.29 is 22.3 Å². The molecule has 2 heterocycles. The number of rotatable bonds is 4. The van der Waals surface area contributed by atoms with Crippen molar-refractivity contribution in [3.8, 4) is 0 Å². The summed E-state index contributed by atoms with van der Waals surface area (Å²) in [4.78, 5) is 14.0. The van der Waals surface area contributed by atoms with E-state index in [2.05, 4.69) is 5.32 Å². The van der Waals surface area contributed by atoms with E-state index in [-0.39, 0.29) is 28.9 Å². The van der Waals surface area contributed by atoms with E-state index in [1.165, 1.54) is 22.7 Å². The van der Waals surface area contributed by atoms with E-state index in [0.717, 1.165) is 0 Å². The lowest BCUT2D eigenvalue weighted by Crippen LogP contribution is -2.45. The quantitative estimate of drug-likeness (QED) is 0.791.